The molecular formula is C11H18N2O4S. The lowest BCUT2D eigenvalue weighted by Crippen LogP contribution is -2.48. The molecule has 0 bridgehead atoms. The summed E-state index contributed by atoms with van der Waals surface area (Å²) < 4.78 is 25.6. The van der Waals surface area contributed by atoms with Crippen LogP contribution >= 0.6 is 0 Å². The van der Waals surface area contributed by atoms with Crippen LogP contribution in [-0.2, 0) is 14.8 Å². The van der Waals surface area contributed by atoms with Gasteiger partial charge in [-0.25, -0.2) is 8.42 Å². The Kier molecular flexibility index (Phi) is 5.11. The number of hydrogen-bond donors (Lipinski definition) is 2. The van der Waals surface area contributed by atoms with Gasteiger partial charge in [-0.15, -0.1) is 0 Å². The second kappa shape index (κ2) is 6.16. The van der Waals surface area contributed by atoms with Gasteiger partial charge in [-0.05, 0) is 25.7 Å². The Balaban J connectivity index is 2.81. The molecule has 1 aliphatic rings. The molecule has 0 aromatic carbocycles. The highest BCUT2D eigenvalue weighted by molar-refractivity contribution is 7.90. The summed E-state index contributed by atoms with van der Waals surface area (Å²) in [6, 6.07) is 0.490. The Morgan fingerprint density at radius 1 is 1.39 bits per heavy atom. The molecule has 102 valence electrons. The quantitative estimate of drug-likeness (QED) is 0.772. The van der Waals surface area contributed by atoms with Crippen LogP contribution < -0.4 is 4.72 Å². The van der Waals surface area contributed by atoms with Crippen LogP contribution in [0.1, 0.15) is 39.0 Å². The van der Waals surface area contributed by atoms with Crippen LogP contribution in [0, 0.1) is 17.2 Å². The van der Waals surface area contributed by atoms with Gasteiger partial charge < -0.3 is 5.11 Å². The highest BCUT2D eigenvalue weighted by Crippen LogP contribution is 2.27. The minimum absolute atomic E-state index is 0.183. The lowest BCUT2D eigenvalue weighted by Gasteiger charge is -2.28. The predicted molar refractivity (Wildman–Crippen MR) is 65.1 cm³/mol. The molecule has 7 heteroatoms. The number of carbonyl (C=O) groups is 1. The van der Waals surface area contributed by atoms with Crippen molar-refractivity contribution >= 4 is 16.0 Å². The second-order valence-corrected chi connectivity index (χ2v) is 6.68. The number of hydrogen-bond acceptors (Lipinski definition) is 4. The molecule has 0 heterocycles. The van der Waals surface area contributed by atoms with Crippen molar-refractivity contribution in [2.75, 3.05) is 0 Å². The molecule has 1 saturated carbocycles. The van der Waals surface area contributed by atoms with Crippen molar-refractivity contribution in [3.63, 3.8) is 0 Å². The summed E-state index contributed by atoms with van der Waals surface area (Å²) in [5.41, 5.74) is 0. The maximum Gasteiger partial charge on any atom is 0.322 e. The molecule has 18 heavy (non-hydrogen) atoms. The van der Waals surface area contributed by atoms with E-state index in [1.54, 1.807) is 6.07 Å². The Hall–Kier alpha value is -1.13. The third kappa shape index (κ3) is 3.68. The van der Waals surface area contributed by atoms with E-state index < -0.39 is 27.3 Å². The summed E-state index contributed by atoms with van der Waals surface area (Å²) >= 11 is 0. The topological polar surface area (TPSA) is 107 Å². The summed E-state index contributed by atoms with van der Waals surface area (Å²) in [5, 5.41) is 16.5. The van der Waals surface area contributed by atoms with Gasteiger partial charge in [0.2, 0.25) is 10.0 Å². The number of nitrogens with zero attached hydrogens (tertiary/aromatic N) is 1. The van der Waals surface area contributed by atoms with Crippen LogP contribution in [0.2, 0.25) is 0 Å². The zero-order valence-corrected chi connectivity index (χ0v) is 11.1. The molecule has 0 amide bonds. The summed E-state index contributed by atoms with van der Waals surface area (Å²) in [7, 11) is -3.90. The van der Waals surface area contributed by atoms with E-state index in [0.29, 0.717) is 12.8 Å². The molecule has 1 rings (SSSR count). The van der Waals surface area contributed by atoms with Gasteiger partial charge in [-0.1, -0.05) is 19.3 Å². The van der Waals surface area contributed by atoms with Crippen LogP contribution in [0.3, 0.4) is 0 Å². The molecule has 2 unspecified atom stereocenters. The highest BCUT2D eigenvalue weighted by Gasteiger charge is 2.34. The van der Waals surface area contributed by atoms with E-state index in [4.69, 9.17) is 10.4 Å². The molecule has 2 atom stereocenters. The largest absolute Gasteiger partial charge is 0.480 e. The number of nitrogens with one attached hydrogen (secondary N) is 1. The lowest BCUT2D eigenvalue weighted by atomic mass is 9.84. The van der Waals surface area contributed by atoms with E-state index in [-0.39, 0.29) is 5.92 Å². The first-order valence-electron chi connectivity index (χ1n) is 6.02. The van der Waals surface area contributed by atoms with Crippen LogP contribution in [0.4, 0.5) is 0 Å². The van der Waals surface area contributed by atoms with Gasteiger partial charge >= 0.3 is 5.97 Å². The number of nitriles is 1. The first kappa shape index (κ1) is 14.9. The van der Waals surface area contributed by atoms with Crippen molar-refractivity contribution in [3.05, 3.63) is 0 Å². The zero-order chi connectivity index (χ0) is 13.8. The fourth-order valence-electron chi connectivity index (χ4n) is 2.16. The normalized spacial score (nSPS) is 20.9. The molecule has 1 aliphatic carbocycles. The SMILES string of the molecule is CC(C#N)S(=O)(=O)NC(C(=O)O)C1CCCCC1. The molecule has 2 N–H and O–H groups in total. The number of carboxylic acid groups (broad SMARTS) is 1. The molecule has 0 spiro atoms. The average molecular weight is 274 g/mol. The predicted octanol–water partition coefficient (Wildman–Crippen LogP) is 0.851. The Morgan fingerprint density at radius 2 is 1.94 bits per heavy atom. The maximum absolute atomic E-state index is 11.7. The number of rotatable bonds is 5. The van der Waals surface area contributed by atoms with Crippen molar-refractivity contribution in [1.29, 1.82) is 5.26 Å². The molecule has 0 radical (unpaired) electrons. The summed E-state index contributed by atoms with van der Waals surface area (Å²) in [5.74, 6) is -1.35. The molecule has 0 aromatic rings. The van der Waals surface area contributed by atoms with Crippen molar-refractivity contribution in [3.8, 4) is 6.07 Å². The van der Waals surface area contributed by atoms with Gasteiger partial charge in [-0.3, -0.25) is 4.79 Å². The van der Waals surface area contributed by atoms with Crippen molar-refractivity contribution in [2.24, 2.45) is 5.92 Å². The average Bonchev–Trinajstić information content (AvgIpc) is 2.35. The van der Waals surface area contributed by atoms with E-state index in [9.17, 15) is 13.2 Å². The first-order valence-corrected chi connectivity index (χ1v) is 7.56. The second-order valence-electron chi connectivity index (χ2n) is 4.65. The van der Waals surface area contributed by atoms with Crippen LogP contribution in [0.5, 0.6) is 0 Å². The maximum atomic E-state index is 11.7. The van der Waals surface area contributed by atoms with E-state index in [0.717, 1.165) is 19.3 Å². The van der Waals surface area contributed by atoms with Crippen LogP contribution in [-0.4, -0.2) is 30.8 Å². The summed E-state index contributed by atoms with van der Waals surface area (Å²) in [6.07, 6.45) is 4.32. The fraction of sp³-hybridized carbons (Fsp3) is 0.818. The van der Waals surface area contributed by atoms with Gasteiger partial charge in [0.05, 0.1) is 6.07 Å². The van der Waals surface area contributed by atoms with Gasteiger partial charge in [-0.2, -0.15) is 9.98 Å². The Morgan fingerprint density at radius 3 is 2.39 bits per heavy atom. The first-order chi connectivity index (χ1) is 8.38. The molecule has 0 aliphatic heterocycles. The highest BCUT2D eigenvalue weighted by atomic mass is 32.2. The monoisotopic (exact) mass is 274 g/mol. The molecule has 0 aromatic heterocycles. The van der Waals surface area contributed by atoms with Crippen molar-refractivity contribution in [2.45, 2.75) is 50.3 Å². The van der Waals surface area contributed by atoms with Crippen LogP contribution in [0.15, 0.2) is 0 Å². The fourth-order valence-corrected chi connectivity index (χ4v) is 3.15. The number of aliphatic carboxylic acids is 1. The molecule has 0 saturated heterocycles. The Labute approximate surface area is 107 Å². The van der Waals surface area contributed by atoms with Gasteiger partial charge in [0.1, 0.15) is 6.04 Å². The smallest absolute Gasteiger partial charge is 0.322 e. The van der Waals surface area contributed by atoms with E-state index in [1.807, 2.05) is 0 Å². The third-order valence-corrected chi connectivity index (χ3v) is 4.94. The van der Waals surface area contributed by atoms with E-state index >= 15 is 0 Å². The number of sulfonamides is 1. The Bertz CT molecular complexity index is 434. The number of carboxylic acids is 1. The summed E-state index contributed by atoms with van der Waals surface area (Å²) in [6.45, 7) is 1.24. The standard InChI is InChI=1S/C11H18N2O4S/c1-8(7-12)18(16,17)13-10(11(14)15)9-5-3-2-4-6-9/h8-10,13H,2-6H2,1H3,(H,14,15). The van der Waals surface area contributed by atoms with E-state index in [2.05, 4.69) is 4.72 Å². The van der Waals surface area contributed by atoms with E-state index in [1.165, 1.54) is 6.92 Å². The molecule has 6 nitrogen and oxygen atoms in total. The third-order valence-electron chi connectivity index (χ3n) is 3.33. The minimum Gasteiger partial charge on any atom is -0.480 e. The molecular weight excluding hydrogens is 256 g/mol. The van der Waals surface area contributed by atoms with Crippen molar-refractivity contribution < 1.29 is 18.3 Å². The van der Waals surface area contributed by atoms with Crippen LogP contribution in [0.25, 0.3) is 0 Å². The molecule has 1 fully saturated rings. The van der Waals surface area contributed by atoms with Gasteiger partial charge in [0.15, 0.2) is 5.25 Å². The zero-order valence-electron chi connectivity index (χ0n) is 10.3. The van der Waals surface area contributed by atoms with Gasteiger partial charge in [0.25, 0.3) is 0 Å². The van der Waals surface area contributed by atoms with Gasteiger partial charge in [0, 0.05) is 0 Å². The van der Waals surface area contributed by atoms with Crippen molar-refractivity contribution in [1.82, 2.24) is 4.72 Å². The lowest BCUT2D eigenvalue weighted by molar-refractivity contribution is -0.140. The minimum atomic E-state index is -3.90. The summed E-state index contributed by atoms with van der Waals surface area (Å²) in [4.78, 5) is 11.2.